The summed E-state index contributed by atoms with van der Waals surface area (Å²) in [5.41, 5.74) is 0.948. The second-order valence-electron chi connectivity index (χ2n) is 6.41. The number of amides is 1. The highest BCUT2D eigenvalue weighted by atomic mass is 16.1. The molecule has 1 amide bonds. The van der Waals surface area contributed by atoms with Gasteiger partial charge >= 0.3 is 0 Å². The molecule has 25 heavy (non-hydrogen) atoms. The number of hydrogen-bond acceptors (Lipinski definition) is 5. The second kappa shape index (κ2) is 8.71. The SMILES string of the molecule is CCN1CCC[C@H]1CNC(=O)CCCn1nnc(-c2ccccc2)n1. The van der Waals surface area contributed by atoms with E-state index >= 15 is 0 Å². The van der Waals surface area contributed by atoms with Gasteiger partial charge in [-0.1, -0.05) is 37.3 Å². The third-order valence-corrected chi connectivity index (χ3v) is 4.69. The number of likely N-dealkylation sites (N-methyl/N-ethyl adjacent to an activating group) is 1. The van der Waals surface area contributed by atoms with E-state index in [0.29, 0.717) is 31.3 Å². The number of carbonyl (C=O) groups is 1. The van der Waals surface area contributed by atoms with E-state index in [1.807, 2.05) is 30.3 Å². The van der Waals surface area contributed by atoms with Gasteiger partial charge in [0.15, 0.2) is 0 Å². The van der Waals surface area contributed by atoms with Crippen molar-refractivity contribution in [2.24, 2.45) is 0 Å². The van der Waals surface area contributed by atoms with Gasteiger partial charge in [-0.15, -0.1) is 10.2 Å². The monoisotopic (exact) mass is 342 g/mol. The highest BCUT2D eigenvalue weighted by Crippen LogP contribution is 2.15. The van der Waals surface area contributed by atoms with Crippen LogP contribution in [0, 0.1) is 0 Å². The predicted molar refractivity (Wildman–Crippen MR) is 95.8 cm³/mol. The molecule has 1 atom stereocenters. The van der Waals surface area contributed by atoms with Crippen molar-refractivity contribution < 1.29 is 4.79 Å². The second-order valence-corrected chi connectivity index (χ2v) is 6.41. The number of aromatic nitrogens is 4. The topological polar surface area (TPSA) is 75.9 Å². The first-order valence-electron chi connectivity index (χ1n) is 9.10. The zero-order chi connectivity index (χ0) is 17.5. The van der Waals surface area contributed by atoms with E-state index in [1.54, 1.807) is 4.80 Å². The molecule has 7 nitrogen and oxygen atoms in total. The first kappa shape index (κ1) is 17.5. The summed E-state index contributed by atoms with van der Waals surface area (Å²) in [6.45, 7) is 5.74. The van der Waals surface area contributed by atoms with E-state index in [9.17, 15) is 4.79 Å². The minimum Gasteiger partial charge on any atom is -0.355 e. The van der Waals surface area contributed by atoms with Crippen LogP contribution in [0.5, 0.6) is 0 Å². The standard InChI is InChI=1S/C18H26N6O/c1-2-23-12-6-10-16(23)14-19-17(25)11-7-13-24-21-18(20-22-24)15-8-4-3-5-9-15/h3-5,8-9,16H,2,6-7,10-14H2,1H3,(H,19,25)/t16-/m0/s1. The number of hydrogen-bond donors (Lipinski definition) is 1. The van der Waals surface area contributed by atoms with E-state index < -0.39 is 0 Å². The molecule has 1 fully saturated rings. The summed E-state index contributed by atoms with van der Waals surface area (Å²) in [4.78, 5) is 16.0. The van der Waals surface area contributed by atoms with Crippen LogP contribution in [0.3, 0.4) is 0 Å². The molecule has 0 aliphatic carbocycles. The van der Waals surface area contributed by atoms with Gasteiger partial charge < -0.3 is 5.32 Å². The van der Waals surface area contributed by atoms with Crippen LogP contribution in [0.4, 0.5) is 0 Å². The molecule has 0 saturated carbocycles. The van der Waals surface area contributed by atoms with Gasteiger partial charge in [0.2, 0.25) is 11.7 Å². The lowest BCUT2D eigenvalue weighted by atomic mass is 10.2. The molecular formula is C18H26N6O. The van der Waals surface area contributed by atoms with E-state index in [1.165, 1.54) is 12.8 Å². The number of aryl methyl sites for hydroxylation is 1. The normalized spacial score (nSPS) is 17.7. The van der Waals surface area contributed by atoms with Crippen molar-refractivity contribution >= 4 is 5.91 Å². The number of tetrazole rings is 1. The molecule has 7 heteroatoms. The van der Waals surface area contributed by atoms with Crippen molar-refractivity contribution in [2.75, 3.05) is 19.6 Å². The van der Waals surface area contributed by atoms with E-state index in [0.717, 1.165) is 25.2 Å². The Morgan fingerprint density at radius 1 is 1.32 bits per heavy atom. The molecule has 0 spiro atoms. The fraction of sp³-hybridized carbons (Fsp3) is 0.556. The van der Waals surface area contributed by atoms with Crippen LogP contribution in [0.15, 0.2) is 30.3 Å². The van der Waals surface area contributed by atoms with Crippen molar-refractivity contribution in [3.63, 3.8) is 0 Å². The van der Waals surface area contributed by atoms with Crippen molar-refractivity contribution in [1.29, 1.82) is 0 Å². The molecule has 1 aromatic carbocycles. The quantitative estimate of drug-likeness (QED) is 0.790. The first-order chi connectivity index (χ1) is 12.3. The molecule has 2 aromatic rings. The number of nitrogens with one attached hydrogen (secondary N) is 1. The molecule has 1 aliphatic heterocycles. The fourth-order valence-corrected chi connectivity index (χ4v) is 3.28. The Labute approximate surface area is 148 Å². The molecule has 1 N–H and O–H groups in total. The predicted octanol–water partition coefficient (Wildman–Crippen LogP) is 1.72. The average molecular weight is 342 g/mol. The van der Waals surface area contributed by atoms with E-state index in [-0.39, 0.29) is 5.91 Å². The lowest BCUT2D eigenvalue weighted by Gasteiger charge is -2.22. The van der Waals surface area contributed by atoms with Gasteiger partial charge in [-0.05, 0) is 37.6 Å². The lowest BCUT2D eigenvalue weighted by Crippen LogP contribution is -2.40. The summed E-state index contributed by atoms with van der Waals surface area (Å²) in [5.74, 6) is 0.720. The maximum atomic E-state index is 12.0. The Bertz CT molecular complexity index is 671. The molecule has 134 valence electrons. The van der Waals surface area contributed by atoms with Gasteiger partial charge in [0, 0.05) is 24.6 Å². The number of carbonyl (C=O) groups excluding carboxylic acids is 1. The van der Waals surface area contributed by atoms with E-state index in [2.05, 4.69) is 32.6 Å². The summed E-state index contributed by atoms with van der Waals surface area (Å²) in [5, 5.41) is 15.5. The molecule has 0 radical (unpaired) electrons. The van der Waals surface area contributed by atoms with Crippen molar-refractivity contribution in [2.45, 2.75) is 45.2 Å². The number of benzene rings is 1. The Kier molecular flexibility index (Phi) is 6.11. The molecule has 1 saturated heterocycles. The van der Waals surface area contributed by atoms with Gasteiger partial charge in [-0.25, -0.2) is 0 Å². The first-order valence-corrected chi connectivity index (χ1v) is 9.10. The third-order valence-electron chi connectivity index (χ3n) is 4.69. The number of nitrogens with zero attached hydrogens (tertiary/aromatic N) is 5. The zero-order valence-corrected chi connectivity index (χ0v) is 14.8. The smallest absolute Gasteiger partial charge is 0.220 e. The molecule has 0 bridgehead atoms. The number of rotatable bonds is 8. The van der Waals surface area contributed by atoms with Gasteiger partial charge in [-0.3, -0.25) is 9.69 Å². The van der Waals surface area contributed by atoms with Crippen molar-refractivity contribution in [3.8, 4) is 11.4 Å². The zero-order valence-electron chi connectivity index (χ0n) is 14.8. The van der Waals surface area contributed by atoms with Crippen LogP contribution in [0.1, 0.15) is 32.6 Å². The molecule has 3 rings (SSSR count). The Morgan fingerprint density at radius 2 is 2.16 bits per heavy atom. The van der Waals surface area contributed by atoms with E-state index in [4.69, 9.17) is 0 Å². The van der Waals surface area contributed by atoms with Crippen LogP contribution >= 0.6 is 0 Å². The highest BCUT2D eigenvalue weighted by molar-refractivity contribution is 5.75. The summed E-state index contributed by atoms with van der Waals surface area (Å²) in [6, 6.07) is 10.3. The van der Waals surface area contributed by atoms with Gasteiger partial charge in [0.1, 0.15) is 0 Å². The van der Waals surface area contributed by atoms with Crippen LogP contribution in [-0.4, -0.2) is 56.7 Å². The summed E-state index contributed by atoms with van der Waals surface area (Å²) >= 11 is 0. The van der Waals surface area contributed by atoms with Crippen molar-refractivity contribution in [1.82, 2.24) is 30.4 Å². The van der Waals surface area contributed by atoms with Gasteiger partial charge in [0.05, 0.1) is 6.54 Å². The Hall–Kier alpha value is -2.28. The van der Waals surface area contributed by atoms with Crippen LogP contribution < -0.4 is 5.32 Å². The summed E-state index contributed by atoms with van der Waals surface area (Å²) < 4.78 is 0. The number of likely N-dealkylation sites (tertiary alicyclic amines) is 1. The van der Waals surface area contributed by atoms with Crippen LogP contribution in [-0.2, 0) is 11.3 Å². The third kappa shape index (κ3) is 4.85. The molecule has 0 unspecified atom stereocenters. The van der Waals surface area contributed by atoms with Crippen LogP contribution in [0.25, 0.3) is 11.4 Å². The van der Waals surface area contributed by atoms with Crippen LogP contribution in [0.2, 0.25) is 0 Å². The molecular weight excluding hydrogens is 316 g/mol. The largest absolute Gasteiger partial charge is 0.355 e. The fourth-order valence-electron chi connectivity index (χ4n) is 3.28. The molecule has 1 aromatic heterocycles. The van der Waals surface area contributed by atoms with Gasteiger partial charge in [-0.2, -0.15) is 4.80 Å². The molecule has 1 aliphatic rings. The minimum absolute atomic E-state index is 0.103. The van der Waals surface area contributed by atoms with Crippen molar-refractivity contribution in [3.05, 3.63) is 30.3 Å². The lowest BCUT2D eigenvalue weighted by molar-refractivity contribution is -0.121. The average Bonchev–Trinajstić information content (AvgIpc) is 3.30. The molecule has 2 heterocycles. The minimum atomic E-state index is 0.103. The maximum absolute atomic E-state index is 12.0. The highest BCUT2D eigenvalue weighted by Gasteiger charge is 2.22. The Morgan fingerprint density at radius 3 is 2.96 bits per heavy atom. The Balaban J connectivity index is 1.38. The van der Waals surface area contributed by atoms with Gasteiger partial charge in [0.25, 0.3) is 0 Å². The maximum Gasteiger partial charge on any atom is 0.220 e. The summed E-state index contributed by atoms with van der Waals surface area (Å²) in [6.07, 6.45) is 3.61. The summed E-state index contributed by atoms with van der Waals surface area (Å²) in [7, 11) is 0.